The molecule has 1 aromatic carbocycles. The zero-order valence-electron chi connectivity index (χ0n) is 18.0. The first-order valence-electron chi connectivity index (χ1n) is 11.8. The van der Waals surface area contributed by atoms with Gasteiger partial charge >= 0.3 is 0 Å². The van der Waals surface area contributed by atoms with Crippen molar-refractivity contribution in [1.29, 1.82) is 0 Å². The molecule has 4 bridgehead atoms. The molecule has 1 saturated heterocycles. The summed E-state index contributed by atoms with van der Waals surface area (Å²) in [5.74, 6) is 2.38. The first kappa shape index (κ1) is 19.0. The molecule has 3 nitrogen and oxygen atoms in total. The van der Waals surface area contributed by atoms with E-state index in [1.807, 2.05) is 6.20 Å². The molecule has 3 unspecified atom stereocenters. The molecule has 30 heavy (non-hydrogen) atoms. The van der Waals surface area contributed by atoms with Gasteiger partial charge < -0.3 is 4.90 Å². The van der Waals surface area contributed by atoms with Crippen LogP contribution in [0.15, 0.2) is 35.8 Å². The lowest BCUT2D eigenvalue weighted by atomic mass is 9.42. The molecule has 0 radical (unpaired) electrons. The van der Waals surface area contributed by atoms with Crippen LogP contribution in [0.1, 0.15) is 73.4 Å². The molecule has 0 N–H and O–H groups in total. The Morgan fingerprint density at radius 1 is 1.13 bits per heavy atom. The van der Waals surface area contributed by atoms with Crippen LogP contribution in [-0.4, -0.2) is 28.9 Å². The smallest absolute Gasteiger partial charge is 0.228 e. The second kappa shape index (κ2) is 6.91. The number of likely N-dealkylation sites (tertiary alicyclic amines) is 1. The Balaban J connectivity index is 1.30. The van der Waals surface area contributed by atoms with Gasteiger partial charge in [0, 0.05) is 30.6 Å². The largest absolute Gasteiger partial charge is 0.342 e. The van der Waals surface area contributed by atoms with Gasteiger partial charge in [0.15, 0.2) is 0 Å². The molecule has 4 aliphatic carbocycles. The number of rotatable bonds is 3. The lowest BCUT2D eigenvalue weighted by Crippen LogP contribution is -2.60. The quantitative estimate of drug-likeness (QED) is 0.638. The standard InChI is InChI=1S/C26H32N2OS/c1-18-4-6-22(7-5-18)25-12-19-11-20(13-25)15-26(14-19,17-25)24(29)28-9-2-3-21(16-28)23-27-8-10-30-23/h4-8,10,19-21H,2-3,9,11-17H2,1H3. The second-order valence-corrected chi connectivity index (χ2v) is 11.8. The van der Waals surface area contributed by atoms with Crippen molar-refractivity contribution in [2.45, 2.75) is 69.6 Å². The van der Waals surface area contributed by atoms with Gasteiger partial charge in [0.05, 0.1) is 10.4 Å². The summed E-state index contributed by atoms with van der Waals surface area (Å²) in [4.78, 5) is 20.9. The minimum Gasteiger partial charge on any atom is -0.342 e. The first-order valence-corrected chi connectivity index (χ1v) is 12.7. The number of carbonyl (C=O) groups is 1. The Hall–Kier alpha value is -1.68. The molecular weight excluding hydrogens is 388 g/mol. The second-order valence-electron chi connectivity index (χ2n) is 10.8. The summed E-state index contributed by atoms with van der Waals surface area (Å²) < 4.78 is 0. The number of hydrogen-bond donors (Lipinski definition) is 0. The minimum atomic E-state index is -0.111. The van der Waals surface area contributed by atoms with Crippen LogP contribution in [0.3, 0.4) is 0 Å². The zero-order chi connectivity index (χ0) is 20.3. The Labute approximate surface area is 183 Å². The van der Waals surface area contributed by atoms with E-state index < -0.39 is 0 Å². The number of nitrogens with zero attached hydrogens (tertiary/aromatic N) is 2. The van der Waals surface area contributed by atoms with Gasteiger partial charge in [-0.05, 0) is 81.1 Å². The van der Waals surface area contributed by atoms with E-state index in [0.717, 1.165) is 50.6 Å². The van der Waals surface area contributed by atoms with E-state index in [0.29, 0.717) is 11.8 Å². The monoisotopic (exact) mass is 420 g/mol. The van der Waals surface area contributed by atoms with Gasteiger partial charge in [0.25, 0.3) is 0 Å². The van der Waals surface area contributed by atoms with Crippen LogP contribution >= 0.6 is 11.3 Å². The molecule has 1 amide bonds. The van der Waals surface area contributed by atoms with Crippen LogP contribution in [-0.2, 0) is 10.2 Å². The molecule has 4 heteroatoms. The van der Waals surface area contributed by atoms with E-state index in [1.165, 1.54) is 41.8 Å². The van der Waals surface area contributed by atoms with Crippen LogP contribution in [0.25, 0.3) is 0 Å². The van der Waals surface area contributed by atoms with Crippen molar-refractivity contribution in [3.8, 4) is 0 Å². The highest BCUT2D eigenvalue weighted by atomic mass is 32.1. The number of aromatic nitrogens is 1. The van der Waals surface area contributed by atoms with Crippen LogP contribution in [0, 0.1) is 24.2 Å². The van der Waals surface area contributed by atoms with E-state index in [9.17, 15) is 4.79 Å². The van der Waals surface area contributed by atoms with E-state index in [-0.39, 0.29) is 10.8 Å². The minimum absolute atomic E-state index is 0.111. The van der Waals surface area contributed by atoms with E-state index in [4.69, 9.17) is 0 Å². The highest BCUT2D eigenvalue weighted by molar-refractivity contribution is 7.09. The summed E-state index contributed by atoms with van der Waals surface area (Å²) >= 11 is 1.75. The summed E-state index contributed by atoms with van der Waals surface area (Å²) in [6, 6.07) is 9.26. The maximum atomic E-state index is 14.1. The van der Waals surface area contributed by atoms with Crippen molar-refractivity contribution in [2.75, 3.05) is 13.1 Å². The average molecular weight is 421 g/mol. The number of piperidine rings is 1. The third-order valence-electron chi connectivity index (χ3n) is 8.69. The average Bonchev–Trinajstić information content (AvgIpc) is 3.28. The van der Waals surface area contributed by atoms with Gasteiger partial charge in [-0.15, -0.1) is 11.3 Å². The van der Waals surface area contributed by atoms with E-state index in [2.05, 4.69) is 46.5 Å². The lowest BCUT2D eigenvalue weighted by Gasteiger charge is -2.62. The van der Waals surface area contributed by atoms with Gasteiger partial charge in [-0.1, -0.05) is 29.8 Å². The highest BCUT2D eigenvalue weighted by Crippen LogP contribution is 2.66. The SMILES string of the molecule is Cc1ccc(C23CC4CC(CC(C(=O)N5CCCC(c6nccs6)C5)(C4)C2)C3)cc1. The summed E-state index contributed by atoms with van der Waals surface area (Å²) in [6.07, 6.45) is 11.5. The molecule has 2 heterocycles. The topological polar surface area (TPSA) is 33.2 Å². The van der Waals surface area contributed by atoms with Crippen molar-refractivity contribution in [3.63, 3.8) is 0 Å². The van der Waals surface area contributed by atoms with Crippen molar-refractivity contribution in [3.05, 3.63) is 52.0 Å². The van der Waals surface area contributed by atoms with E-state index >= 15 is 0 Å². The van der Waals surface area contributed by atoms with Gasteiger partial charge in [0.1, 0.15) is 0 Å². The number of aryl methyl sites for hydroxylation is 1. The van der Waals surface area contributed by atoms with Crippen LogP contribution < -0.4 is 0 Å². The molecule has 3 atom stereocenters. The van der Waals surface area contributed by atoms with Crippen LogP contribution in [0.5, 0.6) is 0 Å². The molecule has 1 aromatic heterocycles. The fraction of sp³-hybridized carbons (Fsp3) is 0.615. The molecule has 5 aliphatic rings. The Morgan fingerprint density at radius 2 is 1.90 bits per heavy atom. The fourth-order valence-corrected chi connectivity index (χ4v) is 8.66. The van der Waals surface area contributed by atoms with Gasteiger partial charge in [-0.2, -0.15) is 0 Å². The molecule has 0 spiro atoms. The third-order valence-corrected chi connectivity index (χ3v) is 9.63. The number of hydrogen-bond acceptors (Lipinski definition) is 3. The van der Waals surface area contributed by atoms with Gasteiger partial charge in [-0.25, -0.2) is 4.98 Å². The number of benzene rings is 1. The molecule has 158 valence electrons. The van der Waals surface area contributed by atoms with E-state index in [1.54, 1.807) is 11.3 Å². The van der Waals surface area contributed by atoms with Crippen LogP contribution in [0.4, 0.5) is 0 Å². The van der Waals surface area contributed by atoms with Crippen molar-refractivity contribution >= 4 is 17.2 Å². The van der Waals surface area contributed by atoms with Gasteiger partial charge in [0.2, 0.25) is 5.91 Å². The highest BCUT2D eigenvalue weighted by Gasteiger charge is 2.61. The number of amides is 1. The van der Waals surface area contributed by atoms with Crippen molar-refractivity contribution < 1.29 is 4.79 Å². The van der Waals surface area contributed by atoms with Crippen molar-refractivity contribution in [1.82, 2.24) is 9.88 Å². The third kappa shape index (κ3) is 2.97. The maximum Gasteiger partial charge on any atom is 0.228 e. The Kier molecular flexibility index (Phi) is 4.39. The molecular formula is C26H32N2OS. The molecule has 2 aromatic rings. The molecule has 1 aliphatic heterocycles. The number of thiazole rings is 1. The molecule has 5 fully saturated rings. The maximum absolute atomic E-state index is 14.1. The summed E-state index contributed by atoms with van der Waals surface area (Å²) in [5, 5.41) is 3.29. The molecule has 4 saturated carbocycles. The van der Waals surface area contributed by atoms with Gasteiger partial charge in [-0.3, -0.25) is 4.79 Å². The predicted molar refractivity (Wildman–Crippen MR) is 121 cm³/mol. The summed E-state index contributed by atoms with van der Waals surface area (Å²) in [5.41, 5.74) is 2.95. The normalized spacial score (nSPS) is 37.5. The summed E-state index contributed by atoms with van der Waals surface area (Å²) in [6.45, 7) is 3.99. The van der Waals surface area contributed by atoms with Crippen molar-refractivity contribution in [2.24, 2.45) is 17.3 Å². The predicted octanol–water partition coefficient (Wildman–Crippen LogP) is 5.70. The number of carbonyl (C=O) groups excluding carboxylic acids is 1. The van der Waals surface area contributed by atoms with Crippen LogP contribution in [0.2, 0.25) is 0 Å². The first-order chi connectivity index (χ1) is 14.6. The zero-order valence-corrected chi connectivity index (χ0v) is 18.8. The Bertz CT molecular complexity index is 920. The lowest BCUT2D eigenvalue weighted by molar-refractivity contribution is -0.161. The molecule has 7 rings (SSSR count). The summed E-state index contributed by atoms with van der Waals surface area (Å²) in [7, 11) is 0. The Morgan fingerprint density at radius 3 is 2.60 bits per heavy atom. The fourth-order valence-electron chi connectivity index (χ4n) is 7.89.